The van der Waals surface area contributed by atoms with Crippen molar-refractivity contribution in [3.05, 3.63) is 0 Å². The standard InChI is InChI=1S/C12H26O6Si/c1-12(2,3)19(4,5)17-6-7-8(13)9(14)10(15)11(16)18-7/h7-11,13-16H,6H2,1-5H3/t7?,8-,9?,10?,11+/m1/s1. The Hall–Kier alpha value is -0.0231. The van der Waals surface area contributed by atoms with Crippen molar-refractivity contribution in [3.63, 3.8) is 0 Å². The smallest absolute Gasteiger partial charge is 0.192 e. The summed E-state index contributed by atoms with van der Waals surface area (Å²) in [4.78, 5) is 0. The van der Waals surface area contributed by atoms with Gasteiger partial charge in [0.25, 0.3) is 0 Å². The highest BCUT2D eigenvalue weighted by atomic mass is 28.4. The van der Waals surface area contributed by atoms with Crippen LogP contribution < -0.4 is 0 Å². The van der Waals surface area contributed by atoms with Crippen LogP contribution in [-0.4, -0.2) is 66.1 Å². The van der Waals surface area contributed by atoms with Crippen LogP contribution in [0, 0.1) is 0 Å². The third kappa shape index (κ3) is 3.75. The molecule has 0 aromatic heterocycles. The molecule has 19 heavy (non-hydrogen) atoms. The number of rotatable bonds is 3. The van der Waals surface area contributed by atoms with E-state index in [1.165, 1.54) is 0 Å². The van der Waals surface area contributed by atoms with E-state index in [0.29, 0.717) is 0 Å². The van der Waals surface area contributed by atoms with Crippen molar-refractivity contribution in [2.75, 3.05) is 6.61 Å². The van der Waals surface area contributed by atoms with Gasteiger partial charge in [-0.05, 0) is 18.1 Å². The minimum atomic E-state index is -2.00. The topological polar surface area (TPSA) is 99.4 Å². The first-order chi connectivity index (χ1) is 8.47. The molecule has 3 unspecified atom stereocenters. The van der Waals surface area contributed by atoms with Crippen molar-refractivity contribution in [1.82, 2.24) is 0 Å². The average molecular weight is 294 g/mol. The van der Waals surface area contributed by atoms with Gasteiger partial charge in [-0.15, -0.1) is 0 Å². The SMILES string of the molecule is CC(C)(C)[Si](C)(C)OCC1O[C@H](O)C(O)C(O)[C@@H]1O. The van der Waals surface area contributed by atoms with Crippen LogP contribution >= 0.6 is 0 Å². The maximum absolute atomic E-state index is 9.81. The van der Waals surface area contributed by atoms with E-state index in [0.717, 1.165) is 0 Å². The zero-order valence-corrected chi connectivity index (χ0v) is 13.2. The lowest BCUT2D eigenvalue weighted by Gasteiger charge is -2.41. The molecule has 1 saturated heterocycles. The molecule has 7 heteroatoms. The zero-order chi connectivity index (χ0) is 15.0. The van der Waals surface area contributed by atoms with Gasteiger partial charge in [-0.1, -0.05) is 20.8 Å². The van der Waals surface area contributed by atoms with Gasteiger partial charge in [0.05, 0.1) is 6.61 Å². The second-order valence-electron chi connectivity index (χ2n) is 6.61. The number of hydrogen-bond acceptors (Lipinski definition) is 6. The Morgan fingerprint density at radius 1 is 1.00 bits per heavy atom. The zero-order valence-electron chi connectivity index (χ0n) is 12.2. The summed E-state index contributed by atoms with van der Waals surface area (Å²) < 4.78 is 11.0. The summed E-state index contributed by atoms with van der Waals surface area (Å²) in [6, 6.07) is 0. The molecule has 1 aliphatic rings. The summed E-state index contributed by atoms with van der Waals surface area (Å²) in [6.45, 7) is 10.5. The fourth-order valence-corrected chi connectivity index (χ4v) is 2.59. The molecule has 0 radical (unpaired) electrons. The second kappa shape index (κ2) is 5.77. The molecule has 0 aromatic rings. The second-order valence-corrected chi connectivity index (χ2v) is 11.4. The van der Waals surface area contributed by atoms with Gasteiger partial charge in [0, 0.05) is 0 Å². The van der Waals surface area contributed by atoms with Crippen molar-refractivity contribution < 1.29 is 29.6 Å². The highest BCUT2D eigenvalue weighted by molar-refractivity contribution is 6.74. The summed E-state index contributed by atoms with van der Waals surface area (Å²) >= 11 is 0. The number of aliphatic hydroxyl groups excluding tert-OH is 4. The predicted molar refractivity (Wildman–Crippen MR) is 72.0 cm³/mol. The first kappa shape index (κ1) is 17.0. The quantitative estimate of drug-likeness (QED) is 0.538. The van der Waals surface area contributed by atoms with Gasteiger partial charge >= 0.3 is 0 Å². The van der Waals surface area contributed by atoms with Crippen LogP contribution in [0.1, 0.15) is 20.8 Å². The van der Waals surface area contributed by atoms with E-state index in [-0.39, 0.29) is 11.6 Å². The van der Waals surface area contributed by atoms with Crippen molar-refractivity contribution >= 4 is 8.32 Å². The van der Waals surface area contributed by atoms with Gasteiger partial charge in [-0.3, -0.25) is 0 Å². The fourth-order valence-electron chi connectivity index (χ4n) is 1.58. The van der Waals surface area contributed by atoms with Crippen LogP contribution in [0.2, 0.25) is 18.1 Å². The highest BCUT2D eigenvalue weighted by Gasteiger charge is 2.45. The first-order valence-corrected chi connectivity index (χ1v) is 9.40. The van der Waals surface area contributed by atoms with Crippen LogP contribution in [-0.2, 0) is 9.16 Å². The van der Waals surface area contributed by atoms with Crippen molar-refractivity contribution in [2.24, 2.45) is 0 Å². The normalized spacial score (nSPS) is 37.4. The molecule has 1 aliphatic heterocycles. The maximum Gasteiger partial charge on any atom is 0.192 e. The summed E-state index contributed by atoms with van der Waals surface area (Å²) in [7, 11) is -2.00. The van der Waals surface area contributed by atoms with Crippen LogP contribution in [0.25, 0.3) is 0 Å². The fraction of sp³-hybridized carbons (Fsp3) is 1.00. The van der Waals surface area contributed by atoms with Crippen LogP contribution in [0.4, 0.5) is 0 Å². The lowest BCUT2D eigenvalue weighted by atomic mass is 10.00. The molecule has 0 spiro atoms. The predicted octanol–water partition coefficient (Wildman–Crippen LogP) is -0.192. The van der Waals surface area contributed by atoms with Gasteiger partial charge in [0.1, 0.15) is 24.4 Å². The van der Waals surface area contributed by atoms with Crippen molar-refractivity contribution in [2.45, 2.75) is 69.6 Å². The molecule has 0 aliphatic carbocycles. The lowest BCUT2D eigenvalue weighted by molar-refractivity contribution is -0.285. The van der Waals surface area contributed by atoms with E-state index in [4.69, 9.17) is 9.16 Å². The molecule has 114 valence electrons. The molecule has 0 bridgehead atoms. The van der Waals surface area contributed by atoms with E-state index in [1.54, 1.807) is 0 Å². The molecule has 1 heterocycles. The van der Waals surface area contributed by atoms with Crippen LogP contribution in [0.15, 0.2) is 0 Å². The Morgan fingerprint density at radius 2 is 1.53 bits per heavy atom. The average Bonchev–Trinajstić information content (AvgIpc) is 2.28. The maximum atomic E-state index is 9.81. The molecule has 0 aromatic carbocycles. The molecule has 5 atom stereocenters. The monoisotopic (exact) mass is 294 g/mol. The Bertz CT molecular complexity index is 303. The van der Waals surface area contributed by atoms with E-state index < -0.39 is 39.0 Å². The van der Waals surface area contributed by atoms with Crippen molar-refractivity contribution in [1.29, 1.82) is 0 Å². The Balaban J connectivity index is 2.63. The molecule has 1 fully saturated rings. The molecular formula is C12H26O6Si. The largest absolute Gasteiger partial charge is 0.414 e. The minimum absolute atomic E-state index is 0.0172. The van der Waals surface area contributed by atoms with E-state index >= 15 is 0 Å². The van der Waals surface area contributed by atoms with Crippen molar-refractivity contribution in [3.8, 4) is 0 Å². The van der Waals surface area contributed by atoms with E-state index in [9.17, 15) is 20.4 Å². The number of hydrogen-bond donors (Lipinski definition) is 4. The first-order valence-electron chi connectivity index (χ1n) is 6.49. The van der Waals surface area contributed by atoms with Gasteiger partial charge < -0.3 is 29.6 Å². The van der Waals surface area contributed by atoms with E-state index in [2.05, 4.69) is 33.9 Å². The van der Waals surface area contributed by atoms with Gasteiger partial charge in [0.2, 0.25) is 0 Å². The highest BCUT2D eigenvalue weighted by Crippen LogP contribution is 2.37. The van der Waals surface area contributed by atoms with Gasteiger partial charge in [-0.2, -0.15) is 0 Å². The van der Waals surface area contributed by atoms with Gasteiger partial charge in [0.15, 0.2) is 14.6 Å². The summed E-state index contributed by atoms with van der Waals surface area (Å²) in [5.74, 6) is 0. The lowest BCUT2D eigenvalue weighted by Crippen LogP contribution is -2.59. The Labute approximate surface area is 115 Å². The molecular weight excluding hydrogens is 268 g/mol. The number of ether oxygens (including phenoxy) is 1. The van der Waals surface area contributed by atoms with E-state index in [1.807, 2.05) is 0 Å². The molecule has 6 nitrogen and oxygen atoms in total. The Morgan fingerprint density at radius 3 is 2.00 bits per heavy atom. The number of aliphatic hydroxyl groups is 4. The van der Waals surface area contributed by atoms with Crippen LogP contribution in [0.3, 0.4) is 0 Å². The third-order valence-corrected chi connectivity index (χ3v) is 8.60. The van der Waals surface area contributed by atoms with Crippen LogP contribution in [0.5, 0.6) is 0 Å². The van der Waals surface area contributed by atoms with Gasteiger partial charge in [-0.25, -0.2) is 0 Å². The summed E-state index contributed by atoms with van der Waals surface area (Å²) in [5.41, 5.74) is 0. The molecule has 1 rings (SSSR count). The summed E-state index contributed by atoms with van der Waals surface area (Å²) in [5, 5.41) is 38.2. The molecule has 0 amide bonds. The minimum Gasteiger partial charge on any atom is -0.414 e. The molecule has 4 N–H and O–H groups in total. The third-order valence-electron chi connectivity index (χ3n) is 4.10. The Kier molecular flexibility index (Phi) is 5.17. The molecule has 0 saturated carbocycles. The summed E-state index contributed by atoms with van der Waals surface area (Å²) in [6.07, 6.45) is -6.56.